The summed E-state index contributed by atoms with van der Waals surface area (Å²) in [5, 5.41) is 0.261. The Kier molecular flexibility index (Phi) is 5.32. The van der Waals surface area contributed by atoms with E-state index >= 15 is 0 Å². The molecule has 2 amide bonds. The van der Waals surface area contributed by atoms with Gasteiger partial charge in [-0.15, -0.1) is 0 Å². The highest BCUT2D eigenvalue weighted by Gasteiger charge is 2.41. The average Bonchev–Trinajstić information content (AvgIpc) is 3.11. The summed E-state index contributed by atoms with van der Waals surface area (Å²) in [4.78, 5) is 53.1. The summed E-state index contributed by atoms with van der Waals surface area (Å²) < 4.78 is 11.6. The van der Waals surface area contributed by atoms with Crippen LogP contribution in [0.25, 0.3) is 22.3 Å². The van der Waals surface area contributed by atoms with Crippen molar-refractivity contribution >= 4 is 28.8 Å². The Bertz CT molecular complexity index is 1550. The van der Waals surface area contributed by atoms with Gasteiger partial charge in [-0.2, -0.15) is 0 Å². The quantitative estimate of drug-likeness (QED) is 0.320. The van der Waals surface area contributed by atoms with Crippen LogP contribution >= 0.6 is 0 Å². The highest BCUT2D eigenvalue weighted by molar-refractivity contribution is 6.22. The van der Waals surface area contributed by atoms with Crippen LogP contribution in [0.3, 0.4) is 0 Å². The number of ether oxygens (including phenoxy) is 1. The fourth-order valence-corrected chi connectivity index (χ4v) is 4.13. The van der Waals surface area contributed by atoms with Crippen molar-refractivity contribution in [3.63, 3.8) is 0 Å². The molecule has 3 aromatic carbocycles. The number of benzene rings is 3. The zero-order valence-electron chi connectivity index (χ0n) is 19.3. The van der Waals surface area contributed by atoms with E-state index < -0.39 is 29.3 Å². The van der Waals surface area contributed by atoms with E-state index in [1.54, 1.807) is 36.4 Å². The van der Waals surface area contributed by atoms with Crippen molar-refractivity contribution in [1.29, 1.82) is 0 Å². The fourth-order valence-electron chi connectivity index (χ4n) is 4.13. The number of imide groups is 1. The van der Waals surface area contributed by atoms with E-state index in [-0.39, 0.29) is 28.0 Å². The maximum Gasteiger partial charge on any atom is 0.334 e. The van der Waals surface area contributed by atoms with Crippen molar-refractivity contribution < 1.29 is 23.5 Å². The van der Waals surface area contributed by atoms with Gasteiger partial charge in [0, 0.05) is 5.56 Å². The van der Waals surface area contributed by atoms with Crippen LogP contribution < -0.4 is 10.2 Å². The maximum atomic E-state index is 13.4. The third-order valence-corrected chi connectivity index (χ3v) is 6.07. The lowest BCUT2D eigenvalue weighted by atomic mass is 10.1. The third kappa shape index (κ3) is 3.71. The Labute approximate surface area is 200 Å². The van der Waals surface area contributed by atoms with Gasteiger partial charge in [0.1, 0.15) is 11.6 Å². The van der Waals surface area contributed by atoms with Crippen LogP contribution in [-0.4, -0.2) is 28.7 Å². The van der Waals surface area contributed by atoms with Crippen LogP contribution in [-0.2, 0) is 4.79 Å². The van der Waals surface area contributed by atoms with Gasteiger partial charge >= 0.3 is 5.97 Å². The molecule has 0 saturated heterocycles. The Balaban J connectivity index is 1.57. The first-order valence-electron chi connectivity index (χ1n) is 11.1. The summed E-state index contributed by atoms with van der Waals surface area (Å²) in [6.45, 7) is 5.15. The topological polar surface area (TPSA) is 93.9 Å². The maximum absolute atomic E-state index is 13.4. The van der Waals surface area contributed by atoms with Gasteiger partial charge in [0.15, 0.2) is 5.76 Å². The molecule has 0 unspecified atom stereocenters. The second kappa shape index (κ2) is 8.36. The average molecular weight is 467 g/mol. The number of nitrogens with zero attached hydrogens (tertiary/aromatic N) is 1. The predicted molar refractivity (Wildman–Crippen MR) is 129 cm³/mol. The molecule has 0 N–H and O–H groups in total. The molecule has 4 aromatic rings. The smallest absolute Gasteiger partial charge is 0.334 e. The van der Waals surface area contributed by atoms with E-state index in [1.165, 1.54) is 19.1 Å². The van der Waals surface area contributed by atoms with Crippen LogP contribution in [0, 0.1) is 13.8 Å². The molecule has 0 saturated carbocycles. The summed E-state index contributed by atoms with van der Waals surface area (Å²) in [6, 6.07) is 17.5. The molecule has 1 aromatic heterocycles. The SMILES string of the molecule is Cc1ccc(-c2oc3ccc(C)cc3c(=O)c2OC(=O)[C@H](C)N2C(=O)c3ccccc3C2=O)cc1. The first kappa shape index (κ1) is 22.3. The molecule has 174 valence electrons. The molecule has 1 aliphatic rings. The normalized spacial score (nSPS) is 13.7. The Hall–Kier alpha value is -4.52. The second-order valence-corrected chi connectivity index (χ2v) is 8.58. The van der Waals surface area contributed by atoms with Crippen molar-refractivity contribution in [2.24, 2.45) is 0 Å². The van der Waals surface area contributed by atoms with Crippen LogP contribution in [0.5, 0.6) is 5.75 Å². The van der Waals surface area contributed by atoms with Crippen LogP contribution in [0.1, 0.15) is 38.8 Å². The first-order valence-corrected chi connectivity index (χ1v) is 11.1. The minimum Gasteiger partial charge on any atom is -0.452 e. The molecule has 35 heavy (non-hydrogen) atoms. The lowest BCUT2D eigenvalue weighted by molar-refractivity contribution is -0.138. The van der Waals surface area contributed by atoms with Gasteiger partial charge in [0.05, 0.1) is 16.5 Å². The number of aryl methyl sites for hydroxylation is 2. The van der Waals surface area contributed by atoms with Gasteiger partial charge in [0.2, 0.25) is 11.2 Å². The highest BCUT2D eigenvalue weighted by atomic mass is 16.5. The summed E-state index contributed by atoms with van der Waals surface area (Å²) in [6.07, 6.45) is 0. The molecule has 5 rings (SSSR count). The van der Waals surface area contributed by atoms with Gasteiger partial charge in [-0.3, -0.25) is 19.3 Å². The molecular weight excluding hydrogens is 446 g/mol. The third-order valence-electron chi connectivity index (χ3n) is 6.07. The highest BCUT2D eigenvalue weighted by Crippen LogP contribution is 2.32. The van der Waals surface area contributed by atoms with Crippen molar-refractivity contribution in [3.8, 4) is 17.1 Å². The summed E-state index contributed by atoms with van der Waals surface area (Å²) in [5.41, 5.74) is 2.66. The van der Waals surface area contributed by atoms with Crippen LogP contribution in [0.2, 0.25) is 0 Å². The molecule has 0 fully saturated rings. The molecule has 7 heteroatoms. The number of amides is 2. The van der Waals surface area contributed by atoms with Gasteiger partial charge in [-0.05, 0) is 45.0 Å². The number of carbonyl (C=O) groups is 3. The second-order valence-electron chi connectivity index (χ2n) is 8.58. The number of rotatable bonds is 4. The molecule has 0 bridgehead atoms. The minimum absolute atomic E-state index is 0.0919. The van der Waals surface area contributed by atoms with Gasteiger partial charge < -0.3 is 9.15 Å². The molecule has 0 spiro atoms. The van der Waals surface area contributed by atoms with Gasteiger partial charge in [0.25, 0.3) is 11.8 Å². The molecule has 0 aliphatic carbocycles. The lowest BCUT2D eigenvalue weighted by Gasteiger charge is -2.21. The number of hydrogen-bond donors (Lipinski definition) is 0. The zero-order chi connectivity index (χ0) is 24.9. The van der Waals surface area contributed by atoms with E-state index in [0.29, 0.717) is 11.1 Å². The molecular formula is C28H21NO6. The Morgan fingerprint density at radius 3 is 2.09 bits per heavy atom. The summed E-state index contributed by atoms with van der Waals surface area (Å²) >= 11 is 0. The molecule has 1 aliphatic heterocycles. The molecule has 1 atom stereocenters. The summed E-state index contributed by atoms with van der Waals surface area (Å²) in [7, 11) is 0. The Morgan fingerprint density at radius 2 is 1.46 bits per heavy atom. The van der Waals surface area contributed by atoms with E-state index in [0.717, 1.165) is 16.0 Å². The standard InChI is InChI=1S/C28H21NO6/c1-15-8-11-18(12-9-15)24-25(23(30)21-14-16(2)10-13-22(21)34-24)35-28(33)17(3)29-26(31)19-6-4-5-7-20(19)27(29)32/h4-14,17H,1-3H3/t17-/m0/s1. The minimum atomic E-state index is -1.26. The van der Waals surface area contributed by atoms with Crippen LogP contribution in [0.4, 0.5) is 0 Å². The summed E-state index contributed by atoms with van der Waals surface area (Å²) in [5.74, 6) is -2.30. The fraction of sp³-hybridized carbons (Fsp3) is 0.143. The van der Waals surface area contributed by atoms with Crippen molar-refractivity contribution in [3.05, 3.63) is 99.2 Å². The largest absolute Gasteiger partial charge is 0.452 e. The zero-order valence-corrected chi connectivity index (χ0v) is 19.3. The lowest BCUT2D eigenvalue weighted by Crippen LogP contribution is -2.45. The molecule has 0 radical (unpaired) electrons. The monoisotopic (exact) mass is 467 g/mol. The van der Waals surface area contributed by atoms with Crippen molar-refractivity contribution in [2.75, 3.05) is 0 Å². The van der Waals surface area contributed by atoms with Gasteiger partial charge in [-0.1, -0.05) is 53.6 Å². The number of esters is 1. The molecule has 7 nitrogen and oxygen atoms in total. The number of carbonyl (C=O) groups excluding carboxylic acids is 3. The Morgan fingerprint density at radius 1 is 0.857 bits per heavy atom. The van der Waals surface area contributed by atoms with E-state index in [2.05, 4.69) is 0 Å². The number of fused-ring (bicyclic) bond motifs is 2. The van der Waals surface area contributed by atoms with Crippen LogP contribution in [0.15, 0.2) is 75.9 Å². The number of hydrogen-bond acceptors (Lipinski definition) is 6. The van der Waals surface area contributed by atoms with E-state index in [4.69, 9.17) is 9.15 Å². The van der Waals surface area contributed by atoms with E-state index in [1.807, 2.05) is 32.0 Å². The van der Waals surface area contributed by atoms with Crippen molar-refractivity contribution in [2.45, 2.75) is 26.8 Å². The first-order chi connectivity index (χ1) is 16.8. The molecule has 2 heterocycles. The van der Waals surface area contributed by atoms with E-state index in [9.17, 15) is 19.2 Å². The predicted octanol–water partition coefficient (Wildman–Crippen LogP) is 4.67. The van der Waals surface area contributed by atoms with Gasteiger partial charge in [-0.25, -0.2) is 4.79 Å². The van der Waals surface area contributed by atoms with Crippen molar-refractivity contribution in [1.82, 2.24) is 4.90 Å².